The smallest absolute Gasteiger partial charge is 0.191 e. The molecule has 0 aliphatic carbocycles. The van der Waals surface area contributed by atoms with E-state index in [9.17, 15) is 0 Å². The number of methoxy groups -OCH3 is 2. The molecule has 148 valence electrons. The Morgan fingerprint density at radius 2 is 1.69 bits per heavy atom. The largest absolute Gasteiger partial charge is 0.493 e. The first-order chi connectivity index (χ1) is 14.1. The van der Waals surface area contributed by atoms with E-state index in [2.05, 4.69) is 20.8 Å². The highest BCUT2D eigenvalue weighted by Gasteiger charge is 2.13. The summed E-state index contributed by atoms with van der Waals surface area (Å²) in [5.74, 6) is 1.25. The number of aryl methyl sites for hydroxylation is 1. The van der Waals surface area contributed by atoms with Gasteiger partial charge in [0, 0.05) is 16.9 Å². The van der Waals surface area contributed by atoms with Crippen molar-refractivity contribution in [3.63, 3.8) is 0 Å². The van der Waals surface area contributed by atoms with E-state index in [1.807, 2.05) is 73.7 Å². The molecular formula is C22H22N4O2S. The van der Waals surface area contributed by atoms with Crippen molar-refractivity contribution in [2.24, 2.45) is 5.10 Å². The molecule has 2 N–H and O–H groups in total. The minimum absolute atomic E-state index is 0.377. The van der Waals surface area contributed by atoms with Gasteiger partial charge in [-0.25, -0.2) is 0 Å². The van der Waals surface area contributed by atoms with Crippen molar-refractivity contribution >= 4 is 28.7 Å². The van der Waals surface area contributed by atoms with E-state index in [0.717, 1.165) is 16.9 Å². The molecule has 0 atom stereocenters. The van der Waals surface area contributed by atoms with Gasteiger partial charge in [0.05, 0.1) is 19.9 Å². The highest BCUT2D eigenvalue weighted by Crippen LogP contribution is 2.28. The van der Waals surface area contributed by atoms with E-state index >= 15 is 0 Å². The van der Waals surface area contributed by atoms with Crippen LogP contribution in [0.3, 0.4) is 0 Å². The molecule has 0 saturated carbocycles. The molecule has 1 heterocycles. The van der Waals surface area contributed by atoms with Crippen LogP contribution in [0, 0.1) is 6.92 Å². The van der Waals surface area contributed by atoms with Crippen LogP contribution in [0.1, 0.15) is 17.0 Å². The Labute approximate surface area is 175 Å². The van der Waals surface area contributed by atoms with Crippen LogP contribution in [-0.2, 0) is 0 Å². The van der Waals surface area contributed by atoms with Crippen LogP contribution in [0.2, 0.25) is 0 Å². The van der Waals surface area contributed by atoms with E-state index in [-0.39, 0.29) is 0 Å². The molecule has 0 bridgehead atoms. The predicted octanol–water partition coefficient (Wildman–Crippen LogP) is 4.15. The quantitative estimate of drug-likeness (QED) is 0.364. The first kappa shape index (κ1) is 20.3. The summed E-state index contributed by atoms with van der Waals surface area (Å²) < 4.78 is 10.8. The van der Waals surface area contributed by atoms with Crippen molar-refractivity contribution in [2.45, 2.75) is 6.92 Å². The van der Waals surface area contributed by atoms with Crippen molar-refractivity contribution < 1.29 is 9.47 Å². The number of anilines is 1. The number of hydrogen-bond acceptors (Lipinski definition) is 5. The molecule has 0 fully saturated rings. The third kappa shape index (κ3) is 5.30. The zero-order chi connectivity index (χ0) is 20.6. The fourth-order valence-electron chi connectivity index (χ4n) is 2.72. The standard InChI is InChI=1S/C22H22N4O2S/c1-15-8-7-11-18(23-15)21(16-12-13-19(27-2)20(14-16)28-3)25-26-22(29)24-17-9-5-4-6-10-17/h4-14H,1-3H3,(H2,24,26,29)/b25-21-. The van der Waals surface area contributed by atoms with Crippen molar-refractivity contribution in [3.05, 3.63) is 83.7 Å². The summed E-state index contributed by atoms with van der Waals surface area (Å²) in [4.78, 5) is 4.60. The van der Waals surface area contributed by atoms with Crippen LogP contribution >= 0.6 is 12.2 Å². The first-order valence-electron chi connectivity index (χ1n) is 8.97. The number of nitrogens with one attached hydrogen (secondary N) is 2. The minimum Gasteiger partial charge on any atom is -0.493 e. The topological polar surface area (TPSA) is 67.8 Å². The number of benzene rings is 2. The summed E-state index contributed by atoms with van der Waals surface area (Å²) in [7, 11) is 3.20. The van der Waals surface area contributed by atoms with Gasteiger partial charge in [0.25, 0.3) is 0 Å². The van der Waals surface area contributed by atoms with Gasteiger partial charge in [-0.2, -0.15) is 5.10 Å². The van der Waals surface area contributed by atoms with Crippen LogP contribution in [0.25, 0.3) is 0 Å². The maximum absolute atomic E-state index is 5.43. The van der Waals surface area contributed by atoms with E-state index in [0.29, 0.717) is 28.0 Å². The molecule has 0 amide bonds. The van der Waals surface area contributed by atoms with Crippen LogP contribution in [-0.4, -0.2) is 30.0 Å². The Balaban J connectivity index is 1.93. The van der Waals surface area contributed by atoms with Crippen LogP contribution in [0.4, 0.5) is 5.69 Å². The number of hydrazone groups is 1. The summed E-state index contributed by atoms with van der Waals surface area (Å²) in [5, 5.41) is 8.01. The maximum atomic E-state index is 5.43. The van der Waals surface area contributed by atoms with Crippen molar-refractivity contribution in [2.75, 3.05) is 19.5 Å². The van der Waals surface area contributed by atoms with Gasteiger partial charge in [0.15, 0.2) is 16.6 Å². The van der Waals surface area contributed by atoms with Crippen molar-refractivity contribution in [3.8, 4) is 11.5 Å². The molecule has 0 aliphatic rings. The Kier molecular flexibility index (Phi) is 6.76. The maximum Gasteiger partial charge on any atom is 0.191 e. The van der Waals surface area contributed by atoms with Crippen LogP contribution in [0.5, 0.6) is 11.5 Å². The molecule has 29 heavy (non-hydrogen) atoms. The van der Waals surface area contributed by atoms with E-state index in [4.69, 9.17) is 21.7 Å². The fourth-order valence-corrected chi connectivity index (χ4v) is 2.88. The monoisotopic (exact) mass is 406 g/mol. The van der Waals surface area contributed by atoms with Crippen LogP contribution < -0.4 is 20.2 Å². The first-order valence-corrected chi connectivity index (χ1v) is 9.37. The molecule has 6 nitrogen and oxygen atoms in total. The van der Waals surface area contributed by atoms with Gasteiger partial charge in [-0.3, -0.25) is 10.4 Å². The Hall–Kier alpha value is -3.45. The Morgan fingerprint density at radius 1 is 0.931 bits per heavy atom. The zero-order valence-corrected chi connectivity index (χ0v) is 17.3. The summed E-state index contributed by atoms with van der Waals surface area (Å²) in [6, 6.07) is 21.0. The third-order valence-electron chi connectivity index (χ3n) is 4.09. The normalized spacial score (nSPS) is 10.9. The number of hydrogen-bond donors (Lipinski definition) is 2. The second-order valence-corrected chi connectivity index (χ2v) is 6.53. The summed E-state index contributed by atoms with van der Waals surface area (Å²) >= 11 is 5.37. The molecule has 1 aromatic heterocycles. The molecule has 3 aromatic rings. The molecule has 0 unspecified atom stereocenters. The number of nitrogens with zero attached hydrogens (tertiary/aromatic N) is 2. The summed E-state index contributed by atoms with van der Waals surface area (Å²) in [5.41, 5.74) is 6.84. The molecule has 0 aliphatic heterocycles. The lowest BCUT2D eigenvalue weighted by Gasteiger charge is -2.13. The Morgan fingerprint density at radius 3 is 2.38 bits per heavy atom. The SMILES string of the molecule is COc1ccc(/C(=N/NC(=S)Nc2ccccc2)c2cccc(C)n2)cc1OC. The van der Waals surface area contributed by atoms with Gasteiger partial charge in [-0.1, -0.05) is 24.3 Å². The lowest BCUT2D eigenvalue weighted by atomic mass is 10.1. The van der Waals surface area contributed by atoms with Gasteiger partial charge in [0.2, 0.25) is 0 Å². The number of rotatable bonds is 6. The van der Waals surface area contributed by atoms with Gasteiger partial charge >= 0.3 is 0 Å². The molecule has 2 aromatic carbocycles. The number of para-hydroxylation sites is 1. The molecule has 7 heteroatoms. The van der Waals surface area contributed by atoms with Crippen LogP contribution in [0.15, 0.2) is 71.8 Å². The van der Waals surface area contributed by atoms with Gasteiger partial charge in [0.1, 0.15) is 5.71 Å². The van der Waals surface area contributed by atoms with Gasteiger partial charge in [-0.05, 0) is 61.6 Å². The van der Waals surface area contributed by atoms with Crippen molar-refractivity contribution in [1.82, 2.24) is 10.4 Å². The zero-order valence-electron chi connectivity index (χ0n) is 16.5. The van der Waals surface area contributed by atoms with E-state index < -0.39 is 0 Å². The van der Waals surface area contributed by atoms with Gasteiger partial charge in [-0.15, -0.1) is 0 Å². The number of ether oxygens (including phenoxy) is 2. The predicted molar refractivity (Wildman–Crippen MR) is 120 cm³/mol. The van der Waals surface area contributed by atoms with Crippen molar-refractivity contribution in [1.29, 1.82) is 0 Å². The van der Waals surface area contributed by atoms with Gasteiger partial charge < -0.3 is 14.8 Å². The number of pyridine rings is 1. The Bertz CT molecular complexity index is 1020. The summed E-state index contributed by atoms with van der Waals surface area (Å²) in [6.45, 7) is 1.94. The highest BCUT2D eigenvalue weighted by molar-refractivity contribution is 7.80. The fraction of sp³-hybridized carbons (Fsp3) is 0.136. The lowest BCUT2D eigenvalue weighted by Crippen LogP contribution is -2.26. The number of thiocarbonyl (C=S) groups is 1. The summed E-state index contributed by atoms with van der Waals surface area (Å²) in [6.07, 6.45) is 0. The lowest BCUT2D eigenvalue weighted by molar-refractivity contribution is 0.355. The molecule has 0 spiro atoms. The second-order valence-electron chi connectivity index (χ2n) is 6.13. The molecule has 3 rings (SSSR count). The number of aromatic nitrogens is 1. The molecule has 0 saturated heterocycles. The highest BCUT2D eigenvalue weighted by atomic mass is 32.1. The molecule has 0 radical (unpaired) electrons. The second kappa shape index (κ2) is 9.66. The van der Waals surface area contributed by atoms with E-state index in [1.54, 1.807) is 14.2 Å². The van der Waals surface area contributed by atoms with E-state index in [1.165, 1.54) is 0 Å². The average molecular weight is 407 g/mol. The minimum atomic E-state index is 0.377. The average Bonchev–Trinajstić information content (AvgIpc) is 2.74. The third-order valence-corrected chi connectivity index (χ3v) is 4.28. The molecular weight excluding hydrogens is 384 g/mol.